The zero-order valence-corrected chi connectivity index (χ0v) is 10.8. The SMILES string of the molecule is CC(C)c1csc(CNCC2CCOC2)n1. The molecule has 1 atom stereocenters. The first-order valence-corrected chi connectivity index (χ1v) is 6.86. The Morgan fingerprint density at radius 2 is 2.50 bits per heavy atom. The van der Waals surface area contributed by atoms with Crippen molar-refractivity contribution in [2.75, 3.05) is 19.8 Å². The lowest BCUT2D eigenvalue weighted by molar-refractivity contribution is 0.185. The van der Waals surface area contributed by atoms with Crippen molar-refractivity contribution >= 4 is 11.3 Å². The summed E-state index contributed by atoms with van der Waals surface area (Å²) >= 11 is 1.76. The number of nitrogens with zero attached hydrogens (tertiary/aromatic N) is 1. The van der Waals surface area contributed by atoms with E-state index in [0.29, 0.717) is 11.8 Å². The summed E-state index contributed by atoms with van der Waals surface area (Å²) in [6, 6.07) is 0. The van der Waals surface area contributed by atoms with E-state index in [1.807, 2.05) is 0 Å². The van der Waals surface area contributed by atoms with E-state index in [0.717, 1.165) is 26.3 Å². The van der Waals surface area contributed by atoms with E-state index in [1.165, 1.54) is 17.1 Å². The maximum atomic E-state index is 5.34. The third-order valence-corrected chi connectivity index (χ3v) is 3.76. The summed E-state index contributed by atoms with van der Waals surface area (Å²) in [6.07, 6.45) is 1.20. The van der Waals surface area contributed by atoms with E-state index in [1.54, 1.807) is 11.3 Å². The van der Waals surface area contributed by atoms with E-state index in [4.69, 9.17) is 4.74 Å². The molecule has 0 spiro atoms. The second kappa shape index (κ2) is 5.75. The molecular weight excluding hydrogens is 220 g/mol. The van der Waals surface area contributed by atoms with Crippen LogP contribution in [-0.4, -0.2) is 24.7 Å². The topological polar surface area (TPSA) is 34.1 Å². The van der Waals surface area contributed by atoms with Crippen LogP contribution in [0, 0.1) is 5.92 Å². The Morgan fingerprint density at radius 3 is 3.12 bits per heavy atom. The Morgan fingerprint density at radius 1 is 1.62 bits per heavy atom. The van der Waals surface area contributed by atoms with Gasteiger partial charge in [0, 0.05) is 25.1 Å². The van der Waals surface area contributed by atoms with Crippen molar-refractivity contribution in [2.45, 2.75) is 32.7 Å². The van der Waals surface area contributed by atoms with Crippen molar-refractivity contribution in [3.8, 4) is 0 Å². The first kappa shape index (κ1) is 12.0. The van der Waals surface area contributed by atoms with Gasteiger partial charge in [-0.2, -0.15) is 0 Å². The molecule has 0 bridgehead atoms. The number of ether oxygens (including phenoxy) is 1. The summed E-state index contributed by atoms with van der Waals surface area (Å²) in [7, 11) is 0. The van der Waals surface area contributed by atoms with E-state index < -0.39 is 0 Å². The van der Waals surface area contributed by atoms with Gasteiger partial charge in [0.1, 0.15) is 5.01 Å². The highest BCUT2D eigenvalue weighted by Gasteiger charge is 2.15. The van der Waals surface area contributed by atoms with E-state index >= 15 is 0 Å². The van der Waals surface area contributed by atoms with E-state index in [-0.39, 0.29) is 0 Å². The second-order valence-electron chi connectivity index (χ2n) is 4.68. The number of rotatable bonds is 5. The molecule has 0 amide bonds. The molecule has 16 heavy (non-hydrogen) atoms. The van der Waals surface area contributed by atoms with Crippen molar-refractivity contribution in [1.82, 2.24) is 10.3 Å². The molecule has 0 radical (unpaired) electrons. The number of hydrogen-bond acceptors (Lipinski definition) is 4. The number of nitrogens with one attached hydrogen (secondary N) is 1. The summed E-state index contributed by atoms with van der Waals surface area (Å²) in [5.41, 5.74) is 1.21. The van der Waals surface area contributed by atoms with Crippen molar-refractivity contribution in [3.05, 3.63) is 16.1 Å². The van der Waals surface area contributed by atoms with Crippen molar-refractivity contribution < 1.29 is 4.74 Å². The highest BCUT2D eigenvalue weighted by atomic mass is 32.1. The standard InChI is InChI=1S/C12H20N2OS/c1-9(2)11-8-16-12(14-11)6-13-5-10-3-4-15-7-10/h8-10,13H,3-7H2,1-2H3. The summed E-state index contributed by atoms with van der Waals surface area (Å²) in [6.45, 7) is 8.16. The number of hydrogen-bond donors (Lipinski definition) is 1. The van der Waals surface area contributed by atoms with Gasteiger partial charge in [-0.15, -0.1) is 11.3 Å². The third-order valence-electron chi connectivity index (χ3n) is 2.89. The summed E-state index contributed by atoms with van der Waals surface area (Å²) in [5.74, 6) is 1.23. The molecule has 0 aliphatic carbocycles. The molecule has 1 saturated heterocycles. The average molecular weight is 240 g/mol. The van der Waals surface area contributed by atoms with Crippen LogP contribution in [-0.2, 0) is 11.3 Å². The van der Waals surface area contributed by atoms with Crippen LogP contribution in [0.25, 0.3) is 0 Å². The molecule has 2 heterocycles. The van der Waals surface area contributed by atoms with Crippen molar-refractivity contribution in [3.63, 3.8) is 0 Å². The molecule has 1 aliphatic heterocycles. The molecule has 1 aromatic rings. The molecule has 1 fully saturated rings. The largest absolute Gasteiger partial charge is 0.381 e. The zero-order valence-electron chi connectivity index (χ0n) is 10.0. The Balaban J connectivity index is 1.72. The van der Waals surface area contributed by atoms with E-state index in [2.05, 4.69) is 29.5 Å². The summed E-state index contributed by atoms with van der Waals surface area (Å²) in [5, 5.41) is 6.83. The minimum atomic E-state index is 0.535. The highest BCUT2D eigenvalue weighted by Crippen LogP contribution is 2.17. The van der Waals surface area contributed by atoms with E-state index in [9.17, 15) is 0 Å². The quantitative estimate of drug-likeness (QED) is 0.858. The fourth-order valence-corrected chi connectivity index (χ4v) is 2.72. The maximum absolute atomic E-state index is 5.34. The Kier molecular flexibility index (Phi) is 4.32. The lowest BCUT2D eigenvalue weighted by atomic mass is 10.1. The van der Waals surface area contributed by atoms with Gasteiger partial charge in [-0.3, -0.25) is 0 Å². The molecular formula is C12H20N2OS. The zero-order chi connectivity index (χ0) is 11.4. The number of aromatic nitrogens is 1. The van der Waals surface area contributed by atoms with Gasteiger partial charge in [0.2, 0.25) is 0 Å². The van der Waals surface area contributed by atoms with Crippen LogP contribution in [0.1, 0.15) is 36.9 Å². The molecule has 90 valence electrons. The Labute approximate surface area is 101 Å². The molecule has 1 aromatic heterocycles. The Hall–Kier alpha value is -0.450. The second-order valence-corrected chi connectivity index (χ2v) is 5.62. The minimum absolute atomic E-state index is 0.535. The fourth-order valence-electron chi connectivity index (χ4n) is 1.80. The van der Waals surface area contributed by atoms with Gasteiger partial charge in [0.25, 0.3) is 0 Å². The first-order valence-electron chi connectivity index (χ1n) is 5.98. The predicted octanol–water partition coefficient (Wildman–Crippen LogP) is 2.39. The lowest BCUT2D eigenvalue weighted by Gasteiger charge is -2.07. The van der Waals surface area contributed by atoms with Crippen LogP contribution >= 0.6 is 11.3 Å². The van der Waals surface area contributed by atoms with Gasteiger partial charge in [0.15, 0.2) is 0 Å². The van der Waals surface area contributed by atoms with Gasteiger partial charge < -0.3 is 10.1 Å². The lowest BCUT2D eigenvalue weighted by Crippen LogP contribution is -2.22. The molecule has 0 aromatic carbocycles. The summed E-state index contributed by atoms with van der Waals surface area (Å²) in [4.78, 5) is 4.60. The molecule has 3 nitrogen and oxygen atoms in total. The molecule has 2 rings (SSSR count). The third kappa shape index (κ3) is 3.27. The van der Waals surface area contributed by atoms with Crippen molar-refractivity contribution in [2.24, 2.45) is 5.92 Å². The smallest absolute Gasteiger partial charge is 0.107 e. The van der Waals surface area contributed by atoms with Crippen molar-refractivity contribution in [1.29, 1.82) is 0 Å². The Bertz CT molecular complexity index is 319. The molecule has 1 aliphatic rings. The highest BCUT2D eigenvalue weighted by molar-refractivity contribution is 7.09. The first-order chi connectivity index (χ1) is 7.75. The normalized spacial score (nSPS) is 20.8. The maximum Gasteiger partial charge on any atom is 0.107 e. The van der Waals surface area contributed by atoms with Gasteiger partial charge in [0.05, 0.1) is 12.3 Å². The minimum Gasteiger partial charge on any atom is -0.381 e. The van der Waals surface area contributed by atoms with Gasteiger partial charge in [-0.05, 0) is 18.3 Å². The molecule has 1 N–H and O–H groups in total. The monoisotopic (exact) mass is 240 g/mol. The van der Waals surface area contributed by atoms with Crippen LogP contribution in [0.15, 0.2) is 5.38 Å². The number of thiazole rings is 1. The predicted molar refractivity (Wildman–Crippen MR) is 66.8 cm³/mol. The molecule has 1 unspecified atom stereocenters. The van der Waals surface area contributed by atoms with Gasteiger partial charge in [-0.25, -0.2) is 4.98 Å². The van der Waals surface area contributed by atoms with Crippen LogP contribution < -0.4 is 5.32 Å². The van der Waals surface area contributed by atoms with Crippen LogP contribution in [0.4, 0.5) is 0 Å². The van der Waals surface area contributed by atoms with Crippen LogP contribution in [0.5, 0.6) is 0 Å². The average Bonchev–Trinajstić information content (AvgIpc) is 2.87. The van der Waals surface area contributed by atoms with Gasteiger partial charge in [-0.1, -0.05) is 13.8 Å². The molecule has 0 saturated carbocycles. The van der Waals surface area contributed by atoms with Crippen LogP contribution in [0.2, 0.25) is 0 Å². The summed E-state index contributed by atoms with van der Waals surface area (Å²) < 4.78 is 5.34. The van der Waals surface area contributed by atoms with Crippen LogP contribution in [0.3, 0.4) is 0 Å². The molecule has 4 heteroatoms. The fraction of sp³-hybridized carbons (Fsp3) is 0.750. The van der Waals surface area contributed by atoms with Gasteiger partial charge >= 0.3 is 0 Å².